The van der Waals surface area contributed by atoms with Gasteiger partial charge in [-0.15, -0.1) is 5.10 Å². The zero-order valence-electron chi connectivity index (χ0n) is 8.28. The van der Waals surface area contributed by atoms with E-state index in [1.165, 1.54) is 0 Å². The minimum absolute atomic E-state index is 0.220. The van der Waals surface area contributed by atoms with Crippen LogP contribution in [0.1, 0.15) is 0 Å². The lowest BCUT2D eigenvalue weighted by Gasteiger charge is -2.00. The molecule has 6 nitrogen and oxygen atoms in total. The summed E-state index contributed by atoms with van der Waals surface area (Å²) >= 11 is 0. The number of rotatable bonds is 1. The summed E-state index contributed by atoms with van der Waals surface area (Å²) in [4.78, 5) is 7.93. The molecule has 0 spiro atoms. The highest BCUT2D eigenvalue weighted by Crippen LogP contribution is 2.13. The summed E-state index contributed by atoms with van der Waals surface area (Å²) < 4.78 is 1.63. The maximum Gasteiger partial charge on any atom is 0.222 e. The standard InChI is InChI=1S/C10H8N6/c11-10-12-6-5-9(13-10)16-8-4-2-1-3-7(8)14-15-16/h1-6H,(H2,11,12,13). The third-order valence-corrected chi connectivity index (χ3v) is 2.23. The molecule has 2 aromatic heterocycles. The zero-order chi connectivity index (χ0) is 11.0. The molecule has 0 atom stereocenters. The molecule has 6 heteroatoms. The Bertz CT molecular complexity index is 644. The highest BCUT2D eigenvalue weighted by atomic mass is 15.4. The quantitative estimate of drug-likeness (QED) is 0.644. The number of nitrogen functional groups attached to an aromatic ring is 1. The third-order valence-electron chi connectivity index (χ3n) is 2.23. The van der Waals surface area contributed by atoms with Crippen LogP contribution in [0.5, 0.6) is 0 Å². The minimum atomic E-state index is 0.220. The highest BCUT2D eigenvalue weighted by molar-refractivity contribution is 5.75. The third kappa shape index (κ3) is 1.28. The largest absolute Gasteiger partial charge is 0.368 e. The predicted molar refractivity (Wildman–Crippen MR) is 58.9 cm³/mol. The molecule has 0 amide bonds. The van der Waals surface area contributed by atoms with Crippen molar-refractivity contribution in [3.05, 3.63) is 36.5 Å². The molecule has 1 aromatic carbocycles. The molecule has 16 heavy (non-hydrogen) atoms. The van der Waals surface area contributed by atoms with E-state index in [1.54, 1.807) is 16.9 Å². The number of para-hydroxylation sites is 1. The normalized spacial score (nSPS) is 10.8. The predicted octanol–water partition coefficient (Wildman–Crippen LogP) is 0.793. The molecule has 0 unspecified atom stereocenters. The smallest absolute Gasteiger partial charge is 0.222 e. The first-order chi connectivity index (χ1) is 7.84. The van der Waals surface area contributed by atoms with Crippen molar-refractivity contribution in [3.8, 4) is 5.82 Å². The average Bonchev–Trinajstić information content (AvgIpc) is 2.72. The fourth-order valence-electron chi connectivity index (χ4n) is 1.52. The van der Waals surface area contributed by atoms with Crippen LogP contribution in [-0.4, -0.2) is 25.0 Å². The lowest BCUT2D eigenvalue weighted by atomic mass is 10.3. The number of nitrogens with zero attached hydrogens (tertiary/aromatic N) is 5. The molecule has 0 aliphatic rings. The zero-order valence-corrected chi connectivity index (χ0v) is 8.28. The van der Waals surface area contributed by atoms with Gasteiger partial charge in [-0.25, -0.2) is 4.98 Å². The molecule has 2 N–H and O–H groups in total. The summed E-state index contributed by atoms with van der Waals surface area (Å²) in [6.07, 6.45) is 1.59. The molecular weight excluding hydrogens is 204 g/mol. The number of nitrogens with two attached hydrogens (primary N) is 1. The SMILES string of the molecule is Nc1nccc(-n2nnc3ccccc32)n1. The summed E-state index contributed by atoms with van der Waals surface area (Å²) in [5.74, 6) is 0.832. The van der Waals surface area contributed by atoms with Gasteiger partial charge in [0.2, 0.25) is 5.95 Å². The van der Waals surface area contributed by atoms with E-state index in [1.807, 2.05) is 24.3 Å². The Labute approximate surface area is 90.7 Å². The number of fused-ring (bicyclic) bond motifs is 1. The maximum absolute atomic E-state index is 5.53. The number of aromatic nitrogens is 5. The van der Waals surface area contributed by atoms with Crippen molar-refractivity contribution in [2.45, 2.75) is 0 Å². The van der Waals surface area contributed by atoms with Crippen molar-refractivity contribution in [3.63, 3.8) is 0 Å². The first kappa shape index (κ1) is 8.78. The van der Waals surface area contributed by atoms with Gasteiger partial charge in [0.15, 0.2) is 5.82 Å². The van der Waals surface area contributed by atoms with Gasteiger partial charge in [0.05, 0.1) is 5.52 Å². The summed E-state index contributed by atoms with van der Waals surface area (Å²) in [6, 6.07) is 9.39. The van der Waals surface area contributed by atoms with Crippen LogP contribution in [0.15, 0.2) is 36.5 Å². The van der Waals surface area contributed by atoms with E-state index in [0.717, 1.165) is 11.0 Å². The first-order valence-corrected chi connectivity index (χ1v) is 4.74. The Hall–Kier alpha value is -2.50. The summed E-state index contributed by atoms with van der Waals surface area (Å²) in [6.45, 7) is 0. The fraction of sp³-hybridized carbons (Fsp3) is 0. The van der Waals surface area contributed by atoms with E-state index in [0.29, 0.717) is 5.82 Å². The van der Waals surface area contributed by atoms with E-state index in [9.17, 15) is 0 Å². The maximum atomic E-state index is 5.53. The first-order valence-electron chi connectivity index (χ1n) is 4.74. The molecule has 0 bridgehead atoms. The molecule has 0 aliphatic carbocycles. The molecule has 2 heterocycles. The van der Waals surface area contributed by atoms with Gasteiger partial charge in [0, 0.05) is 12.3 Å². The van der Waals surface area contributed by atoms with Gasteiger partial charge in [-0.2, -0.15) is 9.67 Å². The van der Waals surface area contributed by atoms with E-state index in [-0.39, 0.29) is 5.95 Å². The molecule has 0 saturated carbocycles. The molecule has 0 fully saturated rings. The van der Waals surface area contributed by atoms with E-state index < -0.39 is 0 Å². The Kier molecular flexibility index (Phi) is 1.79. The molecule has 0 radical (unpaired) electrons. The van der Waals surface area contributed by atoms with Gasteiger partial charge in [-0.05, 0) is 12.1 Å². The summed E-state index contributed by atoms with van der Waals surface area (Å²) in [7, 11) is 0. The van der Waals surface area contributed by atoms with Gasteiger partial charge in [-0.3, -0.25) is 0 Å². The lowest BCUT2D eigenvalue weighted by molar-refractivity contribution is 0.799. The number of benzene rings is 1. The lowest BCUT2D eigenvalue weighted by Crippen LogP contribution is -2.03. The molecule has 3 aromatic rings. The van der Waals surface area contributed by atoms with E-state index in [2.05, 4.69) is 20.3 Å². The van der Waals surface area contributed by atoms with Gasteiger partial charge in [-0.1, -0.05) is 17.3 Å². The second-order valence-corrected chi connectivity index (χ2v) is 3.26. The van der Waals surface area contributed by atoms with Crippen LogP contribution in [0.2, 0.25) is 0 Å². The minimum Gasteiger partial charge on any atom is -0.368 e. The van der Waals surface area contributed by atoms with Crippen LogP contribution in [0.4, 0.5) is 5.95 Å². The van der Waals surface area contributed by atoms with Gasteiger partial charge < -0.3 is 5.73 Å². The van der Waals surface area contributed by atoms with Crippen LogP contribution >= 0.6 is 0 Å². The van der Waals surface area contributed by atoms with Crippen LogP contribution in [-0.2, 0) is 0 Å². The Morgan fingerprint density at radius 1 is 1.12 bits per heavy atom. The highest BCUT2D eigenvalue weighted by Gasteiger charge is 2.06. The van der Waals surface area contributed by atoms with Crippen molar-refractivity contribution in [2.75, 3.05) is 5.73 Å². The molecule has 0 aliphatic heterocycles. The van der Waals surface area contributed by atoms with E-state index >= 15 is 0 Å². The summed E-state index contributed by atoms with van der Waals surface area (Å²) in [5.41, 5.74) is 7.23. The molecule has 0 saturated heterocycles. The number of hydrogen-bond acceptors (Lipinski definition) is 5. The van der Waals surface area contributed by atoms with Crippen molar-refractivity contribution >= 4 is 17.0 Å². The Morgan fingerprint density at radius 2 is 2.00 bits per heavy atom. The van der Waals surface area contributed by atoms with Gasteiger partial charge in [0.1, 0.15) is 5.52 Å². The monoisotopic (exact) mass is 212 g/mol. The molecule has 3 rings (SSSR count). The summed E-state index contributed by atoms with van der Waals surface area (Å²) in [5, 5.41) is 8.06. The average molecular weight is 212 g/mol. The molecule has 78 valence electrons. The van der Waals surface area contributed by atoms with Crippen LogP contribution in [0.25, 0.3) is 16.9 Å². The Balaban J connectivity index is 2.26. The van der Waals surface area contributed by atoms with Crippen molar-refractivity contribution < 1.29 is 0 Å². The van der Waals surface area contributed by atoms with Crippen molar-refractivity contribution in [1.82, 2.24) is 25.0 Å². The van der Waals surface area contributed by atoms with Gasteiger partial charge in [0.25, 0.3) is 0 Å². The van der Waals surface area contributed by atoms with Crippen molar-refractivity contribution in [1.29, 1.82) is 0 Å². The Morgan fingerprint density at radius 3 is 2.88 bits per heavy atom. The molecular formula is C10H8N6. The number of hydrogen-bond donors (Lipinski definition) is 1. The van der Waals surface area contributed by atoms with Crippen LogP contribution < -0.4 is 5.73 Å². The number of anilines is 1. The fourth-order valence-corrected chi connectivity index (χ4v) is 1.52. The second kappa shape index (κ2) is 3.27. The van der Waals surface area contributed by atoms with E-state index in [4.69, 9.17) is 5.73 Å². The van der Waals surface area contributed by atoms with Crippen LogP contribution in [0.3, 0.4) is 0 Å². The van der Waals surface area contributed by atoms with Crippen LogP contribution in [0, 0.1) is 0 Å². The second-order valence-electron chi connectivity index (χ2n) is 3.26. The van der Waals surface area contributed by atoms with Gasteiger partial charge >= 0.3 is 0 Å². The topological polar surface area (TPSA) is 82.5 Å². The van der Waals surface area contributed by atoms with Crippen molar-refractivity contribution in [2.24, 2.45) is 0 Å².